The number of nitrogens with zero attached hydrogens (tertiary/aromatic N) is 3. The molecule has 0 spiro atoms. The number of hydrogen-bond donors (Lipinski definition) is 0. The van der Waals surface area contributed by atoms with Crippen molar-refractivity contribution in [1.29, 1.82) is 10.5 Å². The molecule has 0 unspecified atom stereocenters. The molecule has 2 aromatic carbocycles. The maximum absolute atomic E-state index is 12.8. The molecule has 1 aromatic heterocycles. The van der Waals surface area contributed by atoms with E-state index in [0.717, 1.165) is 23.9 Å². The van der Waals surface area contributed by atoms with Gasteiger partial charge in [0.2, 0.25) is 5.12 Å². The van der Waals surface area contributed by atoms with E-state index in [-0.39, 0.29) is 35.1 Å². The number of aromatic nitrogens is 1. The average molecular weight is 722 g/mol. The van der Waals surface area contributed by atoms with Gasteiger partial charge in [0.15, 0.2) is 0 Å². The lowest BCUT2D eigenvalue weighted by Crippen LogP contribution is -2.10. The van der Waals surface area contributed by atoms with E-state index in [4.69, 9.17) is 23.7 Å². The van der Waals surface area contributed by atoms with Crippen LogP contribution in [-0.2, 0) is 28.7 Å². The van der Waals surface area contributed by atoms with Crippen molar-refractivity contribution in [3.05, 3.63) is 114 Å². The Balaban J connectivity index is 1.47. The number of thioether (sulfide) groups is 1. The normalized spacial score (nSPS) is 10.9. The van der Waals surface area contributed by atoms with Crippen LogP contribution in [0.3, 0.4) is 0 Å². The zero-order chi connectivity index (χ0) is 37.6. The summed E-state index contributed by atoms with van der Waals surface area (Å²) >= 11 is 0.733. The summed E-state index contributed by atoms with van der Waals surface area (Å²) in [7, 11) is 0. The molecule has 266 valence electrons. The molecule has 12 nitrogen and oxygen atoms in total. The predicted molar refractivity (Wildman–Crippen MR) is 193 cm³/mol. The monoisotopic (exact) mass is 721 g/mol. The highest BCUT2D eigenvalue weighted by Gasteiger charge is 2.15. The van der Waals surface area contributed by atoms with E-state index in [1.165, 1.54) is 30.5 Å². The van der Waals surface area contributed by atoms with Gasteiger partial charge >= 0.3 is 17.9 Å². The molecule has 3 aromatic rings. The van der Waals surface area contributed by atoms with Gasteiger partial charge in [-0.2, -0.15) is 10.5 Å². The smallest absolute Gasteiger partial charge is 0.354 e. The molecule has 52 heavy (non-hydrogen) atoms. The fourth-order valence-electron chi connectivity index (χ4n) is 3.98. The number of rotatable bonds is 20. The first-order valence-electron chi connectivity index (χ1n) is 15.9. The Bertz CT molecular complexity index is 1720. The fraction of sp³-hybridized carbons (Fsp3) is 0.205. The molecule has 0 N–H and O–H groups in total. The number of pyridine rings is 1. The van der Waals surface area contributed by atoms with Crippen molar-refractivity contribution < 1.29 is 42.9 Å². The first-order valence-corrected chi connectivity index (χ1v) is 16.7. The summed E-state index contributed by atoms with van der Waals surface area (Å²) in [6.45, 7) is 8.08. The van der Waals surface area contributed by atoms with E-state index in [2.05, 4.69) is 18.1 Å². The number of unbranched alkanes of at least 4 members (excludes halogenated alkanes) is 2. The van der Waals surface area contributed by atoms with E-state index < -0.39 is 23.0 Å². The van der Waals surface area contributed by atoms with Gasteiger partial charge in [-0.15, -0.1) is 0 Å². The second kappa shape index (κ2) is 22.3. The van der Waals surface area contributed by atoms with Crippen molar-refractivity contribution in [2.24, 2.45) is 0 Å². The highest BCUT2D eigenvalue weighted by molar-refractivity contribution is 8.14. The Labute approximate surface area is 305 Å². The predicted octanol–water partition coefficient (Wildman–Crippen LogP) is 6.60. The minimum absolute atomic E-state index is 0.0560. The van der Waals surface area contributed by atoms with Crippen molar-refractivity contribution in [1.82, 2.24) is 4.98 Å². The minimum Gasteiger partial charge on any atom is -0.494 e. The van der Waals surface area contributed by atoms with Gasteiger partial charge in [0.05, 0.1) is 32.6 Å². The second-order valence-electron chi connectivity index (χ2n) is 10.4. The van der Waals surface area contributed by atoms with Crippen LogP contribution < -0.4 is 14.2 Å². The number of benzene rings is 2. The van der Waals surface area contributed by atoms with Crippen LogP contribution in [0, 0.1) is 22.7 Å². The Morgan fingerprint density at radius 1 is 0.654 bits per heavy atom. The van der Waals surface area contributed by atoms with E-state index in [0.29, 0.717) is 61.5 Å². The first kappa shape index (κ1) is 40.0. The zero-order valence-corrected chi connectivity index (χ0v) is 29.0. The van der Waals surface area contributed by atoms with Gasteiger partial charge in [0.1, 0.15) is 45.6 Å². The first-order chi connectivity index (χ1) is 25.2. The number of carbonyl (C=O) groups is 4. The topological polar surface area (TPSA) is 175 Å². The lowest BCUT2D eigenvalue weighted by atomic mass is 10.1. The van der Waals surface area contributed by atoms with Crippen LogP contribution in [0.5, 0.6) is 17.2 Å². The Kier molecular flexibility index (Phi) is 17.2. The second-order valence-corrected chi connectivity index (χ2v) is 11.4. The summed E-state index contributed by atoms with van der Waals surface area (Å²) in [4.78, 5) is 51.7. The van der Waals surface area contributed by atoms with E-state index in [1.54, 1.807) is 48.5 Å². The highest BCUT2D eigenvalue weighted by Crippen LogP contribution is 2.24. The maximum atomic E-state index is 12.8. The molecule has 3 rings (SSSR count). The van der Waals surface area contributed by atoms with Gasteiger partial charge in [0, 0.05) is 12.2 Å². The average Bonchev–Trinajstić information content (AvgIpc) is 3.16. The molecule has 0 saturated heterocycles. The van der Waals surface area contributed by atoms with Crippen LogP contribution in [0.25, 0.3) is 12.2 Å². The van der Waals surface area contributed by atoms with Gasteiger partial charge in [0.25, 0.3) is 0 Å². The molecule has 0 bridgehead atoms. The summed E-state index contributed by atoms with van der Waals surface area (Å²) in [6.07, 6.45) is 8.92. The molecule has 0 fully saturated rings. The third-order valence-electron chi connectivity index (χ3n) is 6.62. The Morgan fingerprint density at radius 2 is 1.12 bits per heavy atom. The van der Waals surface area contributed by atoms with E-state index in [9.17, 15) is 29.7 Å². The Morgan fingerprint density at radius 3 is 1.56 bits per heavy atom. The van der Waals surface area contributed by atoms with Crippen molar-refractivity contribution in [3.63, 3.8) is 0 Å². The fourth-order valence-corrected chi connectivity index (χ4v) is 4.62. The van der Waals surface area contributed by atoms with Gasteiger partial charge in [-0.1, -0.05) is 37.4 Å². The van der Waals surface area contributed by atoms with Crippen molar-refractivity contribution in [2.75, 3.05) is 26.4 Å². The van der Waals surface area contributed by atoms with Crippen LogP contribution in [0.1, 0.15) is 36.8 Å². The van der Waals surface area contributed by atoms with Crippen LogP contribution >= 0.6 is 11.8 Å². The molecule has 0 radical (unpaired) electrons. The quantitative estimate of drug-likeness (QED) is 0.0402. The number of hydrogen-bond acceptors (Lipinski definition) is 13. The molecule has 13 heteroatoms. The molecular weight excluding hydrogens is 687 g/mol. The zero-order valence-electron chi connectivity index (χ0n) is 28.2. The molecular formula is C39H35N3O9S. The van der Waals surface area contributed by atoms with Crippen LogP contribution in [-0.4, -0.2) is 54.4 Å². The number of nitriles is 2. The number of ether oxygens (including phenoxy) is 5. The van der Waals surface area contributed by atoms with Gasteiger partial charge < -0.3 is 23.7 Å². The molecule has 0 aliphatic heterocycles. The third-order valence-corrected chi connectivity index (χ3v) is 7.47. The number of carbonyl (C=O) groups excluding carboxylic acids is 4. The molecule has 0 aliphatic carbocycles. The van der Waals surface area contributed by atoms with Gasteiger partial charge in [-0.05, 0) is 97.1 Å². The van der Waals surface area contributed by atoms with Crippen LogP contribution in [0.15, 0.2) is 108 Å². The van der Waals surface area contributed by atoms with Gasteiger partial charge in [-0.25, -0.2) is 19.4 Å². The molecule has 0 amide bonds. The molecule has 0 aliphatic rings. The largest absolute Gasteiger partial charge is 0.494 e. The maximum Gasteiger partial charge on any atom is 0.354 e. The van der Waals surface area contributed by atoms with Crippen molar-refractivity contribution >= 4 is 46.9 Å². The molecule has 0 saturated carbocycles. The van der Waals surface area contributed by atoms with Gasteiger partial charge in [-0.3, -0.25) is 4.79 Å². The number of esters is 3. The van der Waals surface area contributed by atoms with Crippen LogP contribution in [0.4, 0.5) is 0 Å². The molecule has 1 heterocycles. The summed E-state index contributed by atoms with van der Waals surface area (Å²) in [5.74, 6) is -0.563. The molecule has 0 atom stereocenters. The summed E-state index contributed by atoms with van der Waals surface area (Å²) in [5, 5.41) is 18.9. The Hall–Kier alpha value is -6.44. The minimum atomic E-state index is -0.893. The standard InChI is InChI=1S/C39H35N3O9S/c1-3-36(43)49-21-7-5-19-47-32-13-9-28(10-14-32)23-30(25-40)38(45)51-34-17-18-35(42-27-34)52-39(46)31(26-41)24-29-11-15-33(16-12-29)48-20-6-8-22-50-37(44)4-2/h3-4,9-18,23-24,27H,1-2,5-8,19-22H2/b30-23+,31-24+. The summed E-state index contributed by atoms with van der Waals surface area (Å²) in [6, 6.07) is 20.2. The van der Waals surface area contributed by atoms with E-state index >= 15 is 0 Å². The third kappa shape index (κ3) is 14.6. The SMILES string of the molecule is C=CC(=O)OCCCCOc1ccc(/C=C(\C#N)C(=O)Oc2ccc(SC(=O)/C(C#N)=C/c3ccc(OCCCCOC(=O)C=C)cc3)nc2)cc1. The summed E-state index contributed by atoms with van der Waals surface area (Å²) in [5.41, 5.74) is 0.844. The van der Waals surface area contributed by atoms with Crippen LogP contribution in [0.2, 0.25) is 0 Å². The highest BCUT2D eigenvalue weighted by atomic mass is 32.2. The van der Waals surface area contributed by atoms with E-state index in [1.807, 2.05) is 12.1 Å². The lowest BCUT2D eigenvalue weighted by Gasteiger charge is -2.07. The van der Waals surface area contributed by atoms with Crippen molar-refractivity contribution in [3.8, 4) is 29.4 Å². The lowest BCUT2D eigenvalue weighted by molar-refractivity contribution is -0.138. The van der Waals surface area contributed by atoms with Crippen molar-refractivity contribution in [2.45, 2.75) is 30.7 Å². The summed E-state index contributed by atoms with van der Waals surface area (Å²) < 4.78 is 26.5.